The molecular formula is C17H23ClF3N3O2. The van der Waals surface area contributed by atoms with Gasteiger partial charge in [0.2, 0.25) is 5.91 Å². The largest absolute Gasteiger partial charge is 0.416 e. The van der Waals surface area contributed by atoms with Crippen molar-refractivity contribution >= 4 is 29.9 Å². The second-order valence-electron chi connectivity index (χ2n) is 5.92. The summed E-state index contributed by atoms with van der Waals surface area (Å²) in [6, 6.07) is 3.08. The van der Waals surface area contributed by atoms with Gasteiger partial charge in [-0.15, -0.1) is 12.4 Å². The maximum absolute atomic E-state index is 13.1. The van der Waals surface area contributed by atoms with Crippen molar-refractivity contribution in [2.45, 2.75) is 32.4 Å². The standard InChI is InChI=1S/C17H22F3N3O2.ClH/c1-2-5-21-6-7-22-16(25)12-9-13(17(18,19)20)11-14(10-12)23-8-3-4-15(23)24;/h9-11,21H,2-8H2,1H3,(H,22,25);1H. The molecule has 0 saturated carbocycles. The average Bonchev–Trinajstić information content (AvgIpc) is 2.99. The van der Waals surface area contributed by atoms with E-state index in [2.05, 4.69) is 10.6 Å². The van der Waals surface area contributed by atoms with Crippen LogP contribution in [0.15, 0.2) is 18.2 Å². The number of carbonyl (C=O) groups is 2. The van der Waals surface area contributed by atoms with Gasteiger partial charge in [-0.1, -0.05) is 6.92 Å². The zero-order valence-electron chi connectivity index (χ0n) is 14.5. The number of carbonyl (C=O) groups excluding carboxylic acids is 2. The fourth-order valence-corrected chi connectivity index (χ4v) is 2.65. The number of amides is 2. The molecule has 0 spiro atoms. The zero-order chi connectivity index (χ0) is 18.4. The lowest BCUT2D eigenvalue weighted by atomic mass is 10.1. The van der Waals surface area contributed by atoms with Gasteiger partial charge in [-0.25, -0.2) is 0 Å². The predicted molar refractivity (Wildman–Crippen MR) is 95.8 cm³/mol. The van der Waals surface area contributed by atoms with Gasteiger partial charge in [0, 0.05) is 37.3 Å². The third kappa shape index (κ3) is 5.88. The Balaban J connectivity index is 0.00000338. The van der Waals surface area contributed by atoms with E-state index in [1.54, 1.807) is 0 Å². The number of halogens is 4. The van der Waals surface area contributed by atoms with Crippen molar-refractivity contribution in [3.05, 3.63) is 29.3 Å². The molecule has 1 aliphatic heterocycles. The van der Waals surface area contributed by atoms with Gasteiger partial charge in [-0.2, -0.15) is 13.2 Å². The van der Waals surface area contributed by atoms with Crippen LogP contribution in [-0.2, 0) is 11.0 Å². The monoisotopic (exact) mass is 393 g/mol. The van der Waals surface area contributed by atoms with Crippen molar-refractivity contribution in [3.63, 3.8) is 0 Å². The van der Waals surface area contributed by atoms with Crippen LogP contribution in [0.2, 0.25) is 0 Å². The van der Waals surface area contributed by atoms with Gasteiger partial charge < -0.3 is 15.5 Å². The normalized spacial score (nSPS) is 14.3. The van der Waals surface area contributed by atoms with Crippen molar-refractivity contribution in [2.24, 2.45) is 0 Å². The number of alkyl halides is 3. The first-order valence-electron chi connectivity index (χ1n) is 8.34. The van der Waals surface area contributed by atoms with Gasteiger partial charge in [0.25, 0.3) is 5.91 Å². The first-order chi connectivity index (χ1) is 11.8. The highest BCUT2D eigenvalue weighted by molar-refractivity contribution is 5.99. The first-order valence-corrected chi connectivity index (χ1v) is 8.34. The third-order valence-corrected chi connectivity index (χ3v) is 3.91. The Kier molecular flexibility index (Phi) is 8.36. The number of benzene rings is 1. The molecule has 146 valence electrons. The number of anilines is 1. The van der Waals surface area contributed by atoms with Gasteiger partial charge in [-0.3, -0.25) is 9.59 Å². The molecule has 9 heteroatoms. The first kappa shape index (κ1) is 22.2. The lowest BCUT2D eigenvalue weighted by Crippen LogP contribution is -2.32. The van der Waals surface area contributed by atoms with E-state index in [0.29, 0.717) is 32.5 Å². The Morgan fingerprint density at radius 2 is 1.92 bits per heavy atom. The fraction of sp³-hybridized carbons (Fsp3) is 0.529. The predicted octanol–water partition coefficient (Wildman–Crippen LogP) is 2.98. The summed E-state index contributed by atoms with van der Waals surface area (Å²) in [6.07, 6.45) is -2.73. The number of rotatable bonds is 7. The van der Waals surface area contributed by atoms with E-state index in [9.17, 15) is 22.8 Å². The van der Waals surface area contributed by atoms with Crippen molar-refractivity contribution in [1.29, 1.82) is 0 Å². The van der Waals surface area contributed by atoms with Crippen molar-refractivity contribution in [3.8, 4) is 0 Å². The maximum atomic E-state index is 13.1. The van der Waals surface area contributed by atoms with E-state index in [1.807, 2.05) is 6.92 Å². The van der Waals surface area contributed by atoms with Crippen LogP contribution < -0.4 is 15.5 Å². The van der Waals surface area contributed by atoms with Crippen molar-refractivity contribution < 1.29 is 22.8 Å². The molecule has 1 fully saturated rings. The summed E-state index contributed by atoms with van der Waals surface area (Å²) in [5.41, 5.74) is -0.912. The summed E-state index contributed by atoms with van der Waals surface area (Å²) >= 11 is 0. The SMILES string of the molecule is CCCNCCNC(=O)c1cc(N2CCCC2=O)cc(C(F)(F)F)c1.Cl. The summed E-state index contributed by atoms with van der Waals surface area (Å²) in [5, 5.41) is 5.69. The molecule has 5 nitrogen and oxygen atoms in total. The second-order valence-corrected chi connectivity index (χ2v) is 5.92. The number of hydrogen-bond donors (Lipinski definition) is 2. The molecule has 0 atom stereocenters. The van der Waals surface area contributed by atoms with Crippen LogP contribution in [0.4, 0.5) is 18.9 Å². The molecule has 1 saturated heterocycles. The fourth-order valence-electron chi connectivity index (χ4n) is 2.65. The van der Waals surface area contributed by atoms with E-state index >= 15 is 0 Å². The molecule has 1 aliphatic rings. The maximum Gasteiger partial charge on any atom is 0.416 e. The highest BCUT2D eigenvalue weighted by Gasteiger charge is 2.33. The highest BCUT2D eigenvalue weighted by atomic mass is 35.5. The molecule has 0 bridgehead atoms. The minimum atomic E-state index is -4.59. The number of hydrogen-bond acceptors (Lipinski definition) is 3. The lowest BCUT2D eigenvalue weighted by molar-refractivity contribution is -0.137. The summed E-state index contributed by atoms with van der Waals surface area (Å²) in [4.78, 5) is 25.3. The summed E-state index contributed by atoms with van der Waals surface area (Å²) in [7, 11) is 0. The number of nitrogens with one attached hydrogen (secondary N) is 2. The van der Waals surface area contributed by atoms with E-state index in [0.717, 1.165) is 25.1 Å². The smallest absolute Gasteiger partial charge is 0.351 e. The average molecular weight is 394 g/mol. The molecule has 1 aromatic carbocycles. The van der Waals surface area contributed by atoms with E-state index in [-0.39, 0.29) is 29.6 Å². The Hall–Kier alpha value is -1.80. The summed E-state index contributed by atoms with van der Waals surface area (Å²) < 4.78 is 39.4. The van der Waals surface area contributed by atoms with E-state index < -0.39 is 17.6 Å². The Morgan fingerprint density at radius 3 is 2.50 bits per heavy atom. The van der Waals surface area contributed by atoms with E-state index in [4.69, 9.17) is 0 Å². The van der Waals surface area contributed by atoms with Crippen LogP contribution in [0.1, 0.15) is 42.1 Å². The molecule has 0 unspecified atom stereocenters. The second kappa shape index (κ2) is 9.78. The van der Waals surface area contributed by atoms with Gasteiger partial charge >= 0.3 is 6.18 Å². The quantitative estimate of drug-likeness (QED) is 0.700. The summed E-state index contributed by atoms with van der Waals surface area (Å²) in [6.45, 7) is 4.03. The molecule has 1 heterocycles. The highest BCUT2D eigenvalue weighted by Crippen LogP contribution is 2.34. The van der Waals surface area contributed by atoms with Crippen molar-refractivity contribution in [2.75, 3.05) is 31.1 Å². The van der Waals surface area contributed by atoms with Crippen LogP contribution in [0.3, 0.4) is 0 Å². The summed E-state index contributed by atoms with van der Waals surface area (Å²) in [5.74, 6) is -0.813. The van der Waals surface area contributed by atoms with Crippen LogP contribution in [0, 0.1) is 0 Å². The molecular weight excluding hydrogens is 371 g/mol. The molecule has 0 aliphatic carbocycles. The topological polar surface area (TPSA) is 61.4 Å². The molecule has 2 N–H and O–H groups in total. The zero-order valence-corrected chi connectivity index (χ0v) is 15.3. The van der Waals surface area contributed by atoms with E-state index in [1.165, 1.54) is 11.0 Å². The van der Waals surface area contributed by atoms with Crippen LogP contribution in [-0.4, -0.2) is 38.0 Å². The molecule has 2 rings (SSSR count). The minimum absolute atomic E-state index is 0. The van der Waals surface area contributed by atoms with Gasteiger partial charge in [-0.05, 0) is 37.6 Å². The Labute approximate surface area is 156 Å². The Morgan fingerprint density at radius 1 is 1.19 bits per heavy atom. The van der Waals surface area contributed by atoms with Crippen molar-refractivity contribution in [1.82, 2.24) is 10.6 Å². The molecule has 26 heavy (non-hydrogen) atoms. The van der Waals surface area contributed by atoms with Gasteiger partial charge in [0.15, 0.2) is 0 Å². The molecule has 0 radical (unpaired) electrons. The van der Waals surface area contributed by atoms with Crippen LogP contribution in [0.5, 0.6) is 0 Å². The Bertz CT molecular complexity index is 638. The molecule has 0 aromatic heterocycles. The van der Waals surface area contributed by atoms with Gasteiger partial charge in [0.05, 0.1) is 5.56 Å². The van der Waals surface area contributed by atoms with Crippen LogP contribution in [0.25, 0.3) is 0 Å². The molecule has 2 amide bonds. The third-order valence-electron chi connectivity index (χ3n) is 3.91. The van der Waals surface area contributed by atoms with Crippen LogP contribution >= 0.6 is 12.4 Å². The lowest BCUT2D eigenvalue weighted by Gasteiger charge is -2.19. The molecule has 1 aromatic rings. The number of nitrogens with zero attached hydrogens (tertiary/aromatic N) is 1. The van der Waals surface area contributed by atoms with Gasteiger partial charge in [0.1, 0.15) is 0 Å². The minimum Gasteiger partial charge on any atom is -0.351 e.